The topological polar surface area (TPSA) is 51.8 Å². The zero-order chi connectivity index (χ0) is 10.7. The van der Waals surface area contributed by atoms with Crippen LogP contribution in [0, 0.1) is 5.82 Å². The molecule has 0 aliphatic rings. The fraction of sp³-hybridized carbons (Fsp3) is 0.0909. The van der Waals surface area contributed by atoms with Gasteiger partial charge >= 0.3 is 0 Å². The van der Waals surface area contributed by atoms with Gasteiger partial charge in [0.15, 0.2) is 0 Å². The molecule has 15 heavy (non-hydrogen) atoms. The predicted octanol–water partition coefficient (Wildman–Crippen LogP) is 1.74. The lowest BCUT2D eigenvalue weighted by Gasteiger charge is -2.07. The molecule has 0 saturated heterocycles. The summed E-state index contributed by atoms with van der Waals surface area (Å²) in [6.45, 7) is 0.338. The molecule has 2 aromatic rings. The predicted molar refractivity (Wildman–Crippen MR) is 55.3 cm³/mol. The summed E-state index contributed by atoms with van der Waals surface area (Å²) >= 11 is 0. The third-order valence-electron chi connectivity index (χ3n) is 2.19. The number of pyridine rings is 2. The van der Waals surface area contributed by atoms with E-state index in [1.807, 2.05) is 0 Å². The van der Waals surface area contributed by atoms with Crippen molar-refractivity contribution in [3.63, 3.8) is 0 Å². The molecule has 0 bridgehead atoms. The molecule has 0 unspecified atom stereocenters. The van der Waals surface area contributed by atoms with Gasteiger partial charge < -0.3 is 5.73 Å². The van der Waals surface area contributed by atoms with Crippen molar-refractivity contribution in [2.24, 2.45) is 5.73 Å². The number of aromatic nitrogens is 2. The van der Waals surface area contributed by atoms with Gasteiger partial charge in [0.25, 0.3) is 0 Å². The van der Waals surface area contributed by atoms with Gasteiger partial charge in [0.2, 0.25) is 0 Å². The number of nitrogens with zero attached hydrogens (tertiary/aromatic N) is 2. The molecule has 2 heterocycles. The third kappa shape index (κ3) is 1.85. The highest BCUT2D eigenvalue weighted by molar-refractivity contribution is 5.66. The quantitative estimate of drug-likeness (QED) is 0.808. The zero-order valence-corrected chi connectivity index (χ0v) is 8.02. The largest absolute Gasteiger partial charge is 0.326 e. The van der Waals surface area contributed by atoms with Gasteiger partial charge in [-0.3, -0.25) is 9.97 Å². The molecule has 0 saturated carbocycles. The first-order chi connectivity index (χ1) is 7.33. The Morgan fingerprint density at radius 1 is 1.07 bits per heavy atom. The molecular weight excluding hydrogens is 193 g/mol. The fourth-order valence-corrected chi connectivity index (χ4v) is 1.45. The molecule has 0 aromatic carbocycles. The van der Waals surface area contributed by atoms with Gasteiger partial charge in [0, 0.05) is 30.7 Å². The van der Waals surface area contributed by atoms with Crippen molar-refractivity contribution in [3.8, 4) is 11.1 Å². The Hall–Kier alpha value is -1.81. The van der Waals surface area contributed by atoms with Gasteiger partial charge in [-0.05, 0) is 23.3 Å². The zero-order valence-electron chi connectivity index (χ0n) is 8.02. The molecule has 2 aromatic heterocycles. The number of halogens is 1. The second-order valence-electron chi connectivity index (χ2n) is 3.09. The van der Waals surface area contributed by atoms with Gasteiger partial charge in [0.05, 0.1) is 6.20 Å². The molecule has 0 atom stereocenters. The van der Waals surface area contributed by atoms with Crippen LogP contribution in [-0.2, 0) is 6.54 Å². The Morgan fingerprint density at radius 2 is 1.73 bits per heavy atom. The number of hydrogen-bond donors (Lipinski definition) is 1. The minimum Gasteiger partial charge on any atom is -0.326 e. The summed E-state index contributed by atoms with van der Waals surface area (Å²) in [6.07, 6.45) is 6.01. The SMILES string of the molecule is NCc1cnccc1-c1ccncc1F. The molecule has 0 aliphatic heterocycles. The standard InChI is InChI=1S/C11H10FN3/c12-11-7-15-4-2-10(11)9-1-3-14-6-8(9)5-13/h1-4,6-7H,5,13H2. The van der Waals surface area contributed by atoms with Crippen LogP contribution in [0.1, 0.15) is 5.56 Å². The van der Waals surface area contributed by atoms with Crippen LogP contribution in [0.5, 0.6) is 0 Å². The summed E-state index contributed by atoms with van der Waals surface area (Å²) < 4.78 is 13.5. The van der Waals surface area contributed by atoms with Gasteiger partial charge in [-0.15, -0.1) is 0 Å². The highest BCUT2D eigenvalue weighted by atomic mass is 19.1. The molecule has 0 aliphatic carbocycles. The molecule has 0 amide bonds. The van der Waals surface area contributed by atoms with Crippen LogP contribution < -0.4 is 5.73 Å². The molecule has 0 spiro atoms. The van der Waals surface area contributed by atoms with Crippen LogP contribution in [0.2, 0.25) is 0 Å². The van der Waals surface area contributed by atoms with Crippen molar-refractivity contribution in [2.75, 3.05) is 0 Å². The van der Waals surface area contributed by atoms with Crippen molar-refractivity contribution in [1.29, 1.82) is 0 Å². The second-order valence-corrected chi connectivity index (χ2v) is 3.09. The average molecular weight is 203 g/mol. The van der Waals surface area contributed by atoms with Crippen LogP contribution in [-0.4, -0.2) is 9.97 Å². The number of hydrogen-bond acceptors (Lipinski definition) is 3. The minimum absolute atomic E-state index is 0.338. The summed E-state index contributed by atoms with van der Waals surface area (Å²) in [6, 6.07) is 3.38. The third-order valence-corrected chi connectivity index (χ3v) is 2.19. The van der Waals surface area contributed by atoms with E-state index in [0.29, 0.717) is 12.1 Å². The Balaban J connectivity index is 2.59. The Kier molecular flexibility index (Phi) is 2.69. The molecule has 2 rings (SSSR count). The van der Waals surface area contributed by atoms with E-state index >= 15 is 0 Å². The van der Waals surface area contributed by atoms with E-state index in [9.17, 15) is 4.39 Å². The van der Waals surface area contributed by atoms with Crippen LogP contribution in [0.25, 0.3) is 11.1 Å². The van der Waals surface area contributed by atoms with Crippen LogP contribution in [0.15, 0.2) is 36.9 Å². The summed E-state index contributed by atoms with van der Waals surface area (Å²) in [4.78, 5) is 7.66. The Morgan fingerprint density at radius 3 is 2.40 bits per heavy atom. The minimum atomic E-state index is -0.349. The summed E-state index contributed by atoms with van der Waals surface area (Å²) in [5.41, 5.74) is 7.66. The first-order valence-electron chi connectivity index (χ1n) is 4.55. The van der Waals surface area contributed by atoms with E-state index in [4.69, 9.17) is 5.73 Å². The molecule has 0 radical (unpaired) electrons. The lowest BCUT2D eigenvalue weighted by Crippen LogP contribution is -2.00. The van der Waals surface area contributed by atoms with E-state index in [2.05, 4.69) is 9.97 Å². The number of nitrogens with two attached hydrogens (primary N) is 1. The van der Waals surface area contributed by atoms with Gasteiger partial charge in [-0.25, -0.2) is 4.39 Å². The first kappa shape index (κ1) is 9.73. The van der Waals surface area contributed by atoms with Crippen molar-refractivity contribution in [3.05, 3.63) is 48.3 Å². The van der Waals surface area contributed by atoms with Gasteiger partial charge in [0.1, 0.15) is 5.82 Å². The van der Waals surface area contributed by atoms with E-state index in [1.165, 1.54) is 6.20 Å². The first-order valence-corrected chi connectivity index (χ1v) is 4.55. The molecule has 2 N–H and O–H groups in total. The lowest BCUT2D eigenvalue weighted by molar-refractivity contribution is 0.624. The van der Waals surface area contributed by atoms with Gasteiger partial charge in [-0.1, -0.05) is 0 Å². The number of rotatable bonds is 2. The van der Waals surface area contributed by atoms with E-state index < -0.39 is 0 Å². The van der Waals surface area contributed by atoms with Crippen LogP contribution in [0.4, 0.5) is 4.39 Å². The molecule has 0 fully saturated rings. The molecule has 4 heteroatoms. The monoisotopic (exact) mass is 203 g/mol. The average Bonchev–Trinajstić information content (AvgIpc) is 2.30. The highest BCUT2D eigenvalue weighted by Crippen LogP contribution is 2.24. The summed E-state index contributed by atoms with van der Waals surface area (Å²) in [5.74, 6) is -0.349. The van der Waals surface area contributed by atoms with Gasteiger partial charge in [-0.2, -0.15) is 0 Å². The molecule has 3 nitrogen and oxygen atoms in total. The van der Waals surface area contributed by atoms with Crippen molar-refractivity contribution in [1.82, 2.24) is 9.97 Å². The maximum absolute atomic E-state index is 13.5. The summed E-state index contributed by atoms with van der Waals surface area (Å²) in [5, 5.41) is 0. The van der Waals surface area contributed by atoms with Crippen molar-refractivity contribution >= 4 is 0 Å². The van der Waals surface area contributed by atoms with Crippen molar-refractivity contribution in [2.45, 2.75) is 6.54 Å². The smallest absolute Gasteiger partial charge is 0.149 e. The lowest BCUT2D eigenvalue weighted by atomic mass is 10.0. The molecule has 76 valence electrons. The van der Waals surface area contributed by atoms with Crippen molar-refractivity contribution < 1.29 is 4.39 Å². The van der Waals surface area contributed by atoms with E-state index in [0.717, 1.165) is 11.1 Å². The second kappa shape index (κ2) is 4.14. The maximum Gasteiger partial charge on any atom is 0.149 e. The Labute approximate surface area is 86.8 Å². The van der Waals surface area contributed by atoms with Crippen LogP contribution >= 0.6 is 0 Å². The highest BCUT2D eigenvalue weighted by Gasteiger charge is 2.08. The summed E-state index contributed by atoms with van der Waals surface area (Å²) in [7, 11) is 0. The van der Waals surface area contributed by atoms with E-state index in [1.54, 1.807) is 30.7 Å². The normalized spacial score (nSPS) is 10.3. The van der Waals surface area contributed by atoms with Crippen LogP contribution in [0.3, 0.4) is 0 Å². The maximum atomic E-state index is 13.5. The molecular formula is C11H10FN3. The Bertz CT molecular complexity index is 471. The van der Waals surface area contributed by atoms with E-state index in [-0.39, 0.29) is 5.82 Å². The fourth-order valence-electron chi connectivity index (χ4n) is 1.45.